The Bertz CT molecular complexity index is 883. The number of furan rings is 1. The van der Waals surface area contributed by atoms with Crippen LogP contribution in [0.4, 0.5) is 13.2 Å². The fourth-order valence-electron chi connectivity index (χ4n) is 2.20. The molecule has 25 heavy (non-hydrogen) atoms. The van der Waals surface area contributed by atoms with Gasteiger partial charge in [0.1, 0.15) is 18.1 Å². The number of carbonyl (C=O) groups excluding carboxylic acids is 1. The average molecular weight is 350 g/mol. The van der Waals surface area contributed by atoms with Crippen molar-refractivity contribution in [3.05, 3.63) is 66.1 Å². The zero-order chi connectivity index (χ0) is 17.9. The molecule has 0 amide bonds. The van der Waals surface area contributed by atoms with Gasteiger partial charge >= 0.3 is 12.1 Å². The van der Waals surface area contributed by atoms with Crippen LogP contribution in [0.3, 0.4) is 0 Å². The van der Waals surface area contributed by atoms with E-state index in [1.807, 2.05) is 36.4 Å². The van der Waals surface area contributed by atoms with Crippen LogP contribution in [-0.2, 0) is 11.3 Å². The Balaban J connectivity index is 1.60. The predicted molar refractivity (Wildman–Crippen MR) is 83.3 cm³/mol. The predicted octanol–water partition coefficient (Wildman–Crippen LogP) is 4.73. The Kier molecular flexibility index (Phi) is 4.65. The number of benzene rings is 2. The molecule has 3 aromatic rings. The van der Waals surface area contributed by atoms with Gasteiger partial charge in [0.2, 0.25) is 5.76 Å². The second kappa shape index (κ2) is 6.88. The number of hydrogen-bond donors (Lipinski definition) is 0. The number of ether oxygens (including phenoxy) is 2. The van der Waals surface area contributed by atoms with Crippen LogP contribution < -0.4 is 4.74 Å². The van der Waals surface area contributed by atoms with E-state index in [4.69, 9.17) is 9.15 Å². The van der Waals surface area contributed by atoms with Crippen molar-refractivity contribution in [2.75, 3.05) is 6.61 Å². The maximum Gasteiger partial charge on any atom is 0.422 e. The number of alkyl halides is 3. The van der Waals surface area contributed by atoms with Crippen LogP contribution in [-0.4, -0.2) is 18.8 Å². The Morgan fingerprint density at radius 2 is 1.76 bits per heavy atom. The molecule has 0 saturated carbocycles. The first-order chi connectivity index (χ1) is 11.9. The van der Waals surface area contributed by atoms with Crippen molar-refractivity contribution in [2.24, 2.45) is 0 Å². The zero-order valence-electron chi connectivity index (χ0n) is 12.9. The second-order valence-electron chi connectivity index (χ2n) is 5.25. The van der Waals surface area contributed by atoms with Crippen LogP contribution in [0, 0.1) is 0 Å². The molecule has 0 unspecified atom stereocenters. The maximum atomic E-state index is 12.0. The lowest BCUT2D eigenvalue weighted by Crippen LogP contribution is -2.20. The minimum atomic E-state index is -4.58. The van der Waals surface area contributed by atoms with Crippen molar-refractivity contribution < 1.29 is 31.9 Å². The van der Waals surface area contributed by atoms with Crippen LogP contribution in [0.25, 0.3) is 10.8 Å². The summed E-state index contributed by atoms with van der Waals surface area (Å²) in [5.74, 6) is -0.570. The lowest BCUT2D eigenvalue weighted by atomic mass is 10.1. The van der Waals surface area contributed by atoms with Gasteiger partial charge in [-0.1, -0.05) is 30.3 Å². The molecule has 0 atom stereocenters. The molecule has 0 fully saturated rings. The number of hydrogen-bond acceptors (Lipinski definition) is 4. The second-order valence-corrected chi connectivity index (χ2v) is 5.25. The van der Waals surface area contributed by atoms with E-state index in [0.29, 0.717) is 11.5 Å². The van der Waals surface area contributed by atoms with Crippen LogP contribution in [0.5, 0.6) is 5.75 Å². The SMILES string of the molecule is O=C(OCC(F)(F)F)c1ccc(COc2ccc3ccccc3c2)o1. The van der Waals surface area contributed by atoms with Gasteiger partial charge in [-0.25, -0.2) is 4.79 Å². The van der Waals surface area contributed by atoms with Crippen molar-refractivity contribution in [2.45, 2.75) is 12.8 Å². The number of carbonyl (C=O) groups is 1. The lowest BCUT2D eigenvalue weighted by Gasteiger charge is -2.06. The minimum absolute atomic E-state index is 0.0326. The summed E-state index contributed by atoms with van der Waals surface area (Å²) >= 11 is 0. The van der Waals surface area contributed by atoms with Crippen molar-refractivity contribution in [1.29, 1.82) is 0 Å². The normalized spacial score (nSPS) is 11.5. The van der Waals surface area contributed by atoms with Crippen LogP contribution in [0.1, 0.15) is 16.3 Å². The molecule has 4 nitrogen and oxygen atoms in total. The summed E-state index contributed by atoms with van der Waals surface area (Å²) in [6.07, 6.45) is -4.58. The van der Waals surface area contributed by atoms with E-state index in [1.165, 1.54) is 12.1 Å². The Morgan fingerprint density at radius 3 is 2.52 bits per heavy atom. The Labute approximate surface area is 140 Å². The first-order valence-electron chi connectivity index (χ1n) is 7.35. The summed E-state index contributed by atoms with van der Waals surface area (Å²) in [4.78, 5) is 11.5. The van der Waals surface area contributed by atoms with Crippen molar-refractivity contribution >= 4 is 16.7 Å². The third-order valence-corrected chi connectivity index (χ3v) is 3.33. The van der Waals surface area contributed by atoms with Crippen molar-refractivity contribution in [3.8, 4) is 5.75 Å². The molecule has 0 aliphatic rings. The molecule has 2 aromatic carbocycles. The molecule has 130 valence electrons. The van der Waals surface area contributed by atoms with Gasteiger partial charge < -0.3 is 13.9 Å². The van der Waals surface area contributed by atoms with Gasteiger partial charge in [-0.15, -0.1) is 0 Å². The average Bonchev–Trinajstić information content (AvgIpc) is 3.06. The van der Waals surface area contributed by atoms with Gasteiger partial charge in [-0.05, 0) is 35.0 Å². The van der Waals surface area contributed by atoms with E-state index in [9.17, 15) is 18.0 Å². The third kappa shape index (κ3) is 4.53. The number of fused-ring (bicyclic) bond motifs is 1. The molecule has 0 bridgehead atoms. The fraction of sp³-hybridized carbons (Fsp3) is 0.167. The third-order valence-electron chi connectivity index (χ3n) is 3.33. The zero-order valence-corrected chi connectivity index (χ0v) is 12.9. The standard InChI is InChI=1S/C18H13F3O4/c19-18(20,21)11-24-17(22)16-8-7-15(25-16)10-23-14-6-5-12-3-1-2-4-13(12)9-14/h1-9H,10-11H2. The summed E-state index contributed by atoms with van der Waals surface area (Å²) in [7, 11) is 0. The summed E-state index contributed by atoms with van der Waals surface area (Å²) in [6.45, 7) is -1.62. The molecule has 7 heteroatoms. The Hall–Kier alpha value is -2.96. The summed E-state index contributed by atoms with van der Waals surface area (Å²) in [5.41, 5.74) is 0. The van der Waals surface area contributed by atoms with Gasteiger partial charge in [0.15, 0.2) is 6.61 Å². The molecule has 1 aromatic heterocycles. The highest BCUT2D eigenvalue weighted by Gasteiger charge is 2.30. The highest BCUT2D eigenvalue weighted by molar-refractivity contribution is 5.86. The van der Waals surface area contributed by atoms with Gasteiger partial charge in [0.05, 0.1) is 0 Å². The van der Waals surface area contributed by atoms with Crippen molar-refractivity contribution in [1.82, 2.24) is 0 Å². The highest BCUT2D eigenvalue weighted by Crippen LogP contribution is 2.22. The van der Waals surface area contributed by atoms with Gasteiger partial charge in [0, 0.05) is 0 Å². The molecule has 0 spiro atoms. The molecule has 0 saturated heterocycles. The molecule has 0 radical (unpaired) electrons. The van der Waals surface area contributed by atoms with E-state index in [0.717, 1.165) is 10.8 Å². The molecular formula is C18H13F3O4. The summed E-state index contributed by atoms with van der Waals surface area (Å²) < 4.78 is 50.9. The summed E-state index contributed by atoms with van der Waals surface area (Å²) in [5, 5.41) is 2.08. The van der Waals surface area contributed by atoms with Gasteiger partial charge in [0.25, 0.3) is 0 Å². The van der Waals surface area contributed by atoms with Crippen LogP contribution >= 0.6 is 0 Å². The first kappa shape index (κ1) is 16.9. The molecule has 3 rings (SSSR count). The largest absolute Gasteiger partial charge is 0.486 e. The Morgan fingerprint density at radius 1 is 1.00 bits per heavy atom. The number of esters is 1. The minimum Gasteiger partial charge on any atom is -0.486 e. The maximum absolute atomic E-state index is 12.0. The van der Waals surface area contributed by atoms with Gasteiger partial charge in [-0.2, -0.15) is 13.2 Å². The monoisotopic (exact) mass is 350 g/mol. The number of rotatable bonds is 5. The van der Waals surface area contributed by atoms with E-state index < -0.39 is 18.8 Å². The molecular weight excluding hydrogens is 337 g/mol. The topological polar surface area (TPSA) is 48.7 Å². The molecule has 1 heterocycles. The quantitative estimate of drug-likeness (QED) is 0.624. The lowest BCUT2D eigenvalue weighted by molar-refractivity contribution is -0.161. The van der Waals surface area contributed by atoms with Crippen LogP contribution in [0.15, 0.2) is 59.0 Å². The van der Waals surface area contributed by atoms with Crippen LogP contribution in [0.2, 0.25) is 0 Å². The van der Waals surface area contributed by atoms with Gasteiger partial charge in [-0.3, -0.25) is 0 Å². The highest BCUT2D eigenvalue weighted by atomic mass is 19.4. The van der Waals surface area contributed by atoms with E-state index >= 15 is 0 Å². The summed E-state index contributed by atoms with van der Waals surface area (Å²) in [6, 6.07) is 16.0. The fourth-order valence-corrected chi connectivity index (χ4v) is 2.20. The number of halogens is 3. The smallest absolute Gasteiger partial charge is 0.422 e. The van der Waals surface area contributed by atoms with E-state index in [1.54, 1.807) is 6.07 Å². The molecule has 0 aliphatic heterocycles. The van der Waals surface area contributed by atoms with Crippen molar-refractivity contribution in [3.63, 3.8) is 0 Å². The van der Waals surface area contributed by atoms with E-state index in [-0.39, 0.29) is 12.4 Å². The molecule has 0 aliphatic carbocycles. The first-order valence-corrected chi connectivity index (χ1v) is 7.35. The van der Waals surface area contributed by atoms with E-state index in [2.05, 4.69) is 4.74 Å². The molecule has 0 N–H and O–H groups in total.